The predicted molar refractivity (Wildman–Crippen MR) is 104 cm³/mol. The van der Waals surface area contributed by atoms with Crippen molar-refractivity contribution in [2.45, 2.75) is 13.8 Å². The summed E-state index contributed by atoms with van der Waals surface area (Å²) >= 11 is 0. The predicted octanol–water partition coefficient (Wildman–Crippen LogP) is 3.05. The zero-order valence-corrected chi connectivity index (χ0v) is 15.5. The molecule has 28 heavy (non-hydrogen) atoms. The van der Waals surface area contributed by atoms with E-state index in [1.165, 1.54) is 0 Å². The van der Waals surface area contributed by atoms with E-state index in [1.54, 1.807) is 24.8 Å². The summed E-state index contributed by atoms with van der Waals surface area (Å²) in [6.45, 7) is 4.17. The van der Waals surface area contributed by atoms with Gasteiger partial charge in [0, 0.05) is 60.7 Å². The Balaban J connectivity index is 1.98. The number of rotatable bonds is 4. The van der Waals surface area contributed by atoms with Crippen LogP contribution in [0.25, 0.3) is 22.7 Å². The van der Waals surface area contributed by atoms with Crippen LogP contribution in [-0.4, -0.2) is 39.1 Å². The third-order valence-electron chi connectivity index (χ3n) is 4.80. The molecule has 5 aromatic rings. The summed E-state index contributed by atoms with van der Waals surface area (Å²) in [4.78, 5) is 0. The number of hydrogen-bond donors (Lipinski definition) is 0. The second-order valence-electron chi connectivity index (χ2n) is 6.45. The van der Waals surface area contributed by atoms with Crippen LogP contribution in [0.4, 0.5) is 0 Å². The molecule has 0 unspecified atom stereocenters. The summed E-state index contributed by atoms with van der Waals surface area (Å²) in [5.74, 6) is 0. The maximum Gasteiger partial charge on any atom is 0.117 e. The summed E-state index contributed by atoms with van der Waals surface area (Å²) in [6.07, 6.45) is 14.8. The van der Waals surface area contributed by atoms with Crippen LogP contribution in [0, 0.1) is 13.8 Å². The highest BCUT2D eigenvalue weighted by atomic mass is 15.4. The molecule has 8 heteroatoms. The Bertz CT molecular complexity index is 1140. The minimum atomic E-state index is 0.906. The van der Waals surface area contributed by atoms with Crippen LogP contribution in [-0.2, 0) is 0 Å². The van der Waals surface area contributed by atoms with E-state index in [9.17, 15) is 0 Å². The summed E-state index contributed by atoms with van der Waals surface area (Å²) < 4.78 is 7.48. The van der Waals surface area contributed by atoms with Crippen LogP contribution in [0.15, 0.2) is 73.8 Å². The van der Waals surface area contributed by atoms with Crippen molar-refractivity contribution in [1.29, 1.82) is 0 Å². The monoisotopic (exact) mass is 370 g/mol. The average Bonchev–Trinajstić information content (AvgIpc) is 3.50. The smallest absolute Gasteiger partial charge is 0.117 e. The van der Waals surface area contributed by atoms with E-state index in [0.717, 1.165) is 33.9 Å². The molecule has 1 aromatic carbocycles. The van der Waals surface area contributed by atoms with Crippen molar-refractivity contribution in [3.63, 3.8) is 0 Å². The molecule has 8 nitrogen and oxygen atoms in total. The molecule has 0 radical (unpaired) electrons. The lowest BCUT2D eigenvalue weighted by Crippen LogP contribution is -2.16. The lowest BCUT2D eigenvalue weighted by molar-refractivity contribution is 0.774. The molecule has 4 heterocycles. The third-order valence-corrected chi connectivity index (χ3v) is 4.80. The molecule has 5 rings (SSSR count). The Kier molecular flexibility index (Phi) is 3.68. The Morgan fingerprint density at radius 3 is 1.11 bits per heavy atom. The van der Waals surface area contributed by atoms with Gasteiger partial charge in [-0.1, -0.05) is 0 Å². The van der Waals surface area contributed by atoms with Crippen molar-refractivity contribution in [2.75, 3.05) is 0 Å². The molecule has 0 amide bonds. The van der Waals surface area contributed by atoms with Crippen molar-refractivity contribution in [3.05, 3.63) is 85.0 Å². The second-order valence-corrected chi connectivity index (χ2v) is 6.45. The maximum atomic E-state index is 4.51. The molecule has 0 spiro atoms. The zero-order chi connectivity index (χ0) is 19.1. The minimum absolute atomic E-state index is 0.906. The molecule has 0 atom stereocenters. The van der Waals surface area contributed by atoms with Gasteiger partial charge in [-0.05, 0) is 38.1 Å². The van der Waals surface area contributed by atoms with Crippen LogP contribution in [0.5, 0.6) is 0 Å². The standard InChI is InChI=1S/C20H18N8/c1-15-17(25-11-3-7-21-25)16(2)19(27-13-5-9-23-27)20(28-14-6-10-24-28)18(15)26-12-4-8-22-26/h3-14H,1-2H3. The summed E-state index contributed by atoms with van der Waals surface area (Å²) in [5.41, 5.74) is 5.85. The van der Waals surface area contributed by atoms with E-state index in [-0.39, 0.29) is 0 Å². The van der Waals surface area contributed by atoms with Gasteiger partial charge in [-0.2, -0.15) is 20.4 Å². The summed E-state index contributed by atoms with van der Waals surface area (Å²) in [5, 5.41) is 18.0. The molecular formula is C20H18N8. The largest absolute Gasteiger partial charge is 0.240 e. The molecule has 0 saturated heterocycles. The highest BCUT2D eigenvalue weighted by Gasteiger charge is 2.25. The SMILES string of the molecule is Cc1c(-n2cccn2)c(C)c(-n2cccn2)c(-n2cccn2)c1-n1cccn1. The average molecular weight is 370 g/mol. The Morgan fingerprint density at radius 1 is 0.464 bits per heavy atom. The van der Waals surface area contributed by atoms with Crippen molar-refractivity contribution in [2.24, 2.45) is 0 Å². The number of nitrogens with zero attached hydrogens (tertiary/aromatic N) is 8. The lowest BCUT2D eigenvalue weighted by Gasteiger charge is -2.23. The topological polar surface area (TPSA) is 71.3 Å². The van der Waals surface area contributed by atoms with E-state index in [0.29, 0.717) is 0 Å². The second kappa shape index (κ2) is 6.34. The van der Waals surface area contributed by atoms with E-state index >= 15 is 0 Å². The van der Waals surface area contributed by atoms with Gasteiger partial charge in [-0.25, -0.2) is 18.7 Å². The highest BCUT2D eigenvalue weighted by Crippen LogP contribution is 2.36. The van der Waals surface area contributed by atoms with Crippen LogP contribution < -0.4 is 0 Å². The van der Waals surface area contributed by atoms with Crippen molar-refractivity contribution in [3.8, 4) is 22.7 Å². The van der Waals surface area contributed by atoms with Crippen molar-refractivity contribution < 1.29 is 0 Å². The Hall–Kier alpha value is -3.94. The number of benzene rings is 1. The lowest BCUT2D eigenvalue weighted by atomic mass is 10.0. The van der Waals surface area contributed by atoms with Crippen molar-refractivity contribution in [1.82, 2.24) is 39.1 Å². The molecule has 0 aliphatic carbocycles. The molecule has 138 valence electrons. The van der Waals surface area contributed by atoms with E-state index in [4.69, 9.17) is 0 Å². The first-order valence-electron chi connectivity index (χ1n) is 8.93. The fraction of sp³-hybridized carbons (Fsp3) is 0.100. The van der Waals surface area contributed by atoms with E-state index < -0.39 is 0 Å². The third kappa shape index (κ3) is 2.38. The molecule has 0 aliphatic heterocycles. The molecule has 0 aliphatic rings. The highest BCUT2D eigenvalue weighted by molar-refractivity contribution is 5.76. The first kappa shape index (κ1) is 16.2. The summed E-state index contributed by atoms with van der Waals surface area (Å²) in [7, 11) is 0. The molecule has 4 aromatic heterocycles. The first-order chi connectivity index (χ1) is 13.8. The maximum absolute atomic E-state index is 4.51. The fourth-order valence-corrected chi connectivity index (χ4v) is 3.70. The van der Waals surface area contributed by atoms with Gasteiger partial charge in [0.2, 0.25) is 0 Å². The van der Waals surface area contributed by atoms with Gasteiger partial charge in [-0.3, -0.25) is 0 Å². The molecule has 0 saturated carbocycles. The van der Waals surface area contributed by atoms with Crippen LogP contribution in [0.1, 0.15) is 11.1 Å². The number of aromatic nitrogens is 8. The van der Waals surface area contributed by atoms with Gasteiger partial charge in [0.25, 0.3) is 0 Å². The fourth-order valence-electron chi connectivity index (χ4n) is 3.70. The summed E-state index contributed by atoms with van der Waals surface area (Å²) in [6, 6.07) is 7.65. The van der Waals surface area contributed by atoms with Gasteiger partial charge in [-0.15, -0.1) is 0 Å². The molecule has 0 fully saturated rings. The van der Waals surface area contributed by atoms with Gasteiger partial charge >= 0.3 is 0 Å². The first-order valence-corrected chi connectivity index (χ1v) is 8.93. The van der Waals surface area contributed by atoms with Gasteiger partial charge < -0.3 is 0 Å². The van der Waals surface area contributed by atoms with E-state index in [1.807, 2.05) is 67.8 Å². The molecular weight excluding hydrogens is 352 g/mol. The number of hydrogen-bond acceptors (Lipinski definition) is 4. The minimum Gasteiger partial charge on any atom is -0.240 e. The zero-order valence-electron chi connectivity index (χ0n) is 15.5. The normalized spacial score (nSPS) is 11.2. The van der Waals surface area contributed by atoms with Gasteiger partial charge in [0.05, 0.1) is 17.1 Å². The van der Waals surface area contributed by atoms with Crippen molar-refractivity contribution >= 4 is 0 Å². The Labute approximate surface area is 161 Å². The van der Waals surface area contributed by atoms with Gasteiger partial charge in [0.1, 0.15) is 5.69 Å². The quantitative estimate of drug-likeness (QED) is 0.487. The van der Waals surface area contributed by atoms with Crippen LogP contribution >= 0.6 is 0 Å². The Morgan fingerprint density at radius 2 is 0.786 bits per heavy atom. The molecule has 0 bridgehead atoms. The van der Waals surface area contributed by atoms with Crippen LogP contribution in [0.2, 0.25) is 0 Å². The van der Waals surface area contributed by atoms with E-state index in [2.05, 4.69) is 34.2 Å². The molecule has 0 N–H and O–H groups in total. The van der Waals surface area contributed by atoms with Gasteiger partial charge in [0.15, 0.2) is 0 Å². The van der Waals surface area contributed by atoms with Crippen LogP contribution in [0.3, 0.4) is 0 Å².